The molecule has 0 aliphatic rings. The molecule has 1 amide bonds. The highest BCUT2D eigenvalue weighted by atomic mass is 35.5. The van der Waals surface area contributed by atoms with Gasteiger partial charge in [-0.2, -0.15) is 0 Å². The minimum atomic E-state index is 0. The summed E-state index contributed by atoms with van der Waals surface area (Å²) in [5.41, 5.74) is 7.99. The van der Waals surface area contributed by atoms with Crippen LogP contribution in [0.5, 0.6) is 0 Å². The molecule has 4 heteroatoms. The minimum absolute atomic E-state index is 0. The third kappa shape index (κ3) is 3.14. The highest BCUT2D eigenvalue weighted by Gasteiger charge is 2.14. The van der Waals surface area contributed by atoms with Gasteiger partial charge in [-0.15, -0.1) is 12.4 Å². The number of hydrogen-bond acceptors (Lipinski definition) is 2. The quantitative estimate of drug-likeness (QED) is 0.828. The van der Waals surface area contributed by atoms with Crippen LogP contribution in [0.25, 0.3) is 0 Å². The molecule has 0 bridgehead atoms. The zero-order chi connectivity index (χ0) is 11.4. The topological polar surface area (TPSA) is 46.3 Å². The van der Waals surface area contributed by atoms with Crippen molar-refractivity contribution in [1.29, 1.82) is 0 Å². The van der Waals surface area contributed by atoms with Crippen LogP contribution in [0.2, 0.25) is 0 Å². The molecule has 0 aliphatic heterocycles. The van der Waals surface area contributed by atoms with E-state index in [4.69, 9.17) is 5.73 Å². The number of benzene rings is 1. The lowest BCUT2D eigenvalue weighted by atomic mass is 10.1. The van der Waals surface area contributed by atoms with Crippen molar-refractivity contribution >= 4 is 24.0 Å². The van der Waals surface area contributed by atoms with Gasteiger partial charge in [-0.25, -0.2) is 0 Å². The Balaban J connectivity index is 0.00000225. The Morgan fingerprint density at radius 1 is 1.31 bits per heavy atom. The fraction of sp³-hybridized carbons (Fsp3) is 0.417. The fourth-order valence-electron chi connectivity index (χ4n) is 1.55. The molecule has 0 heterocycles. The second-order valence-corrected chi connectivity index (χ2v) is 3.55. The lowest BCUT2D eigenvalue weighted by molar-refractivity contribution is 0.0772. The highest BCUT2D eigenvalue weighted by Crippen LogP contribution is 2.14. The molecule has 0 saturated heterocycles. The van der Waals surface area contributed by atoms with E-state index in [1.807, 2.05) is 32.9 Å². The zero-order valence-electron chi connectivity index (χ0n) is 9.99. The van der Waals surface area contributed by atoms with Crippen LogP contribution in [0.3, 0.4) is 0 Å². The van der Waals surface area contributed by atoms with Gasteiger partial charge in [0.1, 0.15) is 0 Å². The smallest absolute Gasteiger partial charge is 0.254 e. The number of nitrogens with two attached hydrogens (primary N) is 1. The average molecular weight is 243 g/mol. The van der Waals surface area contributed by atoms with Crippen molar-refractivity contribution in [3.05, 3.63) is 29.3 Å². The average Bonchev–Trinajstić information content (AvgIpc) is 2.23. The molecule has 1 aromatic carbocycles. The monoisotopic (exact) mass is 242 g/mol. The third-order valence-electron chi connectivity index (χ3n) is 2.54. The van der Waals surface area contributed by atoms with Gasteiger partial charge in [-0.3, -0.25) is 4.79 Å². The van der Waals surface area contributed by atoms with E-state index in [0.29, 0.717) is 11.3 Å². The van der Waals surface area contributed by atoms with Gasteiger partial charge in [0.15, 0.2) is 0 Å². The summed E-state index contributed by atoms with van der Waals surface area (Å²) in [6, 6.07) is 5.44. The van der Waals surface area contributed by atoms with Crippen LogP contribution in [0.15, 0.2) is 18.2 Å². The molecule has 0 saturated carbocycles. The largest absolute Gasteiger partial charge is 0.399 e. The predicted octanol–water partition coefficient (Wildman–Crippen LogP) is 2.48. The molecule has 1 aromatic rings. The van der Waals surface area contributed by atoms with Crippen molar-refractivity contribution in [2.75, 3.05) is 18.8 Å². The van der Waals surface area contributed by atoms with Gasteiger partial charge in [0.05, 0.1) is 0 Å². The number of nitrogens with zero attached hydrogens (tertiary/aromatic N) is 1. The van der Waals surface area contributed by atoms with Crippen molar-refractivity contribution in [2.24, 2.45) is 0 Å². The molecule has 0 radical (unpaired) electrons. The molecule has 0 spiro atoms. The van der Waals surface area contributed by atoms with Gasteiger partial charge >= 0.3 is 0 Å². The van der Waals surface area contributed by atoms with Crippen LogP contribution in [0.4, 0.5) is 5.69 Å². The number of aryl methyl sites for hydroxylation is 1. The van der Waals surface area contributed by atoms with Crippen LogP contribution in [0, 0.1) is 6.92 Å². The van der Waals surface area contributed by atoms with Gasteiger partial charge in [0.25, 0.3) is 5.91 Å². The van der Waals surface area contributed by atoms with E-state index in [2.05, 4.69) is 0 Å². The summed E-state index contributed by atoms with van der Waals surface area (Å²) in [5, 5.41) is 0. The lowest BCUT2D eigenvalue weighted by Crippen LogP contribution is -2.31. The summed E-state index contributed by atoms with van der Waals surface area (Å²) < 4.78 is 0. The molecule has 0 aliphatic carbocycles. The summed E-state index contributed by atoms with van der Waals surface area (Å²) >= 11 is 0. The summed E-state index contributed by atoms with van der Waals surface area (Å²) in [6.45, 7) is 7.33. The molecule has 1 rings (SSSR count). The van der Waals surface area contributed by atoms with Crippen LogP contribution in [-0.4, -0.2) is 23.9 Å². The molecule has 3 nitrogen and oxygen atoms in total. The van der Waals surface area contributed by atoms with E-state index in [9.17, 15) is 4.79 Å². The summed E-state index contributed by atoms with van der Waals surface area (Å²) in [5.74, 6) is 0.0600. The van der Waals surface area contributed by atoms with Gasteiger partial charge in [-0.1, -0.05) is 6.07 Å². The van der Waals surface area contributed by atoms with Crippen LogP contribution in [-0.2, 0) is 0 Å². The Morgan fingerprint density at radius 3 is 2.38 bits per heavy atom. The summed E-state index contributed by atoms with van der Waals surface area (Å²) in [6.07, 6.45) is 0. The number of amides is 1. The molecule has 2 N–H and O–H groups in total. The zero-order valence-corrected chi connectivity index (χ0v) is 10.8. The Hall–Kier alpha value is -1.22. The number of halogens is 1. The molecule has 0 fully saturated rings. The Bertz CT molecular complexity index is 362. The second kappa shape index (κ2) is 6.38. The van der Waals surface area contributed by atoms with Crippen molar-refractivity contribution in [1.82, 2.24) is 4.90 Å². The molecule has 0 unspecified atom stereocenters. The van der Waals surface area contributed by atoms with E-state index in [-0.39, 0.29) is 18.3 Å². The summed E-state index contributed by atoms with van der Waals surface area (Å²) in [7, 11) is 0. The summed E-state index contributed by atoms with van der Waals surface area (Å²) in [4.78, 5) is 13.8. The Kier molecular flexibility index (Phi) is 5.89. The number of nitrogen functional groups attached to an aromatic ring is 1. The SMILES string of the molecule is CCN(CC)C(=O)c1cc(N)ccc1C.Cl. The predicted molar refractivity (Wildman–Crippen MR) is 70.1 cm³/mol. The standard InChI is InChI=1S/C12H18N2O.ClH/c1-4-14(5-2)12(15)11-8-10(13)7-6-9(11)3;/h6-8H,4-5,13H2,1-3H3;1H. The number of carbonyl (C=O) groups excluding carboxylic acids is 1. The molecular weight excluding hydrogens is 224 g/mol. The van der Waals surface area contributed by atoms with E-state index >= 15 is 0 Å². The number of carbonyl (C=O) groups is 1. The third-order valence-corrected chi connectivity index (χ3v) is 2.54. The second-order valence-electron chi connectivity index (χ2n) is 3.55. The van der Waals surface area contributed by atoms with Crippen molar-refractivity contribution in [3.8, 4) is 0 Å². The van der Waals surface area contributed by atoms with E-state index < -0.39 is 0 Å². The first kappa shape index (κ1) is 14.8. The first-order chi connectivity index (χ1) is 7.10. The maximum Gasteiger partial charge on any atom is 0.254 e. The van der Waals surface area contributed by atoms with Gasteiger partial charge < -0.3 is 10.6 Å². The number of anilines is 1. The number of hydrogen-bond donors (Lipinski definition) is 1. The highest BCUT2D eigenvalue weighted by molar-refractivity contribution is 5.96. The number of rotatable bonds is 3. The van der Waals surface area contributed by atoms with Gasteiger partial charge in [-0.05, 0) is 38.5 Å². The fourth-order valence-corrected chi connectivity index (χ4v) is 1.55. The Morgan fingerprint density at radius 2 is 1.88 bits per heavy atom. The lowest BCUT2D eigenvalue weighted by Gasteiger charge is -2.19. The molecule has 0 atom stereocenters. The molecule has 16 heavy (non-hydrogen) atoms. The molecular formula is C12H19ClN2O. The normalized spacial score (nSPS) is 9.44. The van der Waals surface area contributed by atoms with Crippen LogP contribution in [0.1, 0.15) is 29.8 Å². The van der Waals surface area contributed by atoms with E-state index in [1.165, 1.54) is 0 Å². The maximum absolute atomic E-state index is 12.1. The van der Waals surface area contributed by atoms with Crippen molar-refractivity contribution in [3.63, 3.8) is 0 Å². The van der Waals surface area contributed by atoms with Crippen molar-refractivity contribution < 1.29 is 4.79 Å². The van der Waals surface area contributed by atoms with Crippen LogP contribution >= 0.6 is 12.4 Å². The van der Waals surface area contributed by atoms with Gasteiger partial charge in [0.2, 0.25) is 0 Å². The first-order valence-electron chi connectivity index (χ1n) is 5.25. The maximum atomic E-state index is 12.1. The Labute approximate surface area is 103 Å². The van der Waals surface area contributed by atoms with E-state index in [0.717, 1.165) is 18.7 Å². The minimum Gasteiger partial charge on any atom is -0.399 e. The van der Waals surface area contributed by atoms with Gasteiger partial charge in [0, 0.05) is 24.3 Å². The first-order valence-corrected chi connectivity index (χ1v) is 5.25. The molecule has 0 aromatic heterocycles. The van der Waals surface area contributed by atoms with Crippen molar-refractivity contribution in [2.45, 2.75) is 20.8 Å². The van der Waals surface area contributed by atoms with E-state index in [1.54, 1.807) is 11.0 Å². The molecule has 90 valence electrons. The van der Waals surface area contributed by atoms with Crippen LogP contribution < -0.4 is 5.73 Å².